The minimum absolute atomic E-state index is 0.302. The molecular formula is C14H20O. The van der Waals surface area contributed by atoms with Crippen molar-refractivity contribution in [2.24, 2.45) is 28.6 Å². The molecule has 4 atom stereocenters. The van der Waals surface area contributed by atoms with Crippen LogP contribution in [-0.2, 0) is 4.79 Å². The molecule has 2 saturated carbocycles. The van der Waals surface area contributed by atoms with Crippen molar-refractivity contribution >= 4 is 5.78 Å². The summed E-state index contributed by atoms with van der Waals surface area (Å²) in [4.78, 5) is 12.1. The molecule has 0 aromatic heterocycles. The second kappa shape index (κ2) is 2.56. The Kier molecular flexibility index (Phi) is 1.64. The second-order valence-corrected chi connectivity index (χ2v) is 6.40. The van der Waals surface area contributed by atoms with Crippen LogP contribution in [0.1, 0.15) is 40.0 Å². The molecule has 3 aliphatic rings. The fourth-order valence-electron chi connectivity index (χ4n) is 4.77. The maximum absolute atomic E-state index is 12.1. The number of hydrogen-bond acceptors (Lipinski definition) is 1. The molecule has 0 saturated heterocycles. The summed E-state index contributed by atoms with van der Waals surface area (Å²) in [5, 5.41) is 0. The Labute approximate surface area is 91.9 Å². The SMILES string of the molecule is CC(C)[C@]12CC[C@@]3(C)[C@H](C=CC(=O)[C@@H]13)C2. The summed E-state index contributed by atoms with van der Waals surface area (Å²) in [6.45, 7) is 6.96. The molecule has 2 fully saturated rings. The molecule has 3 rings (SSSR count). The van der Waals surface area contributed by atoms with Crippen LogP contribution in [-0.4, -0.2) is 5.78 Å². The summed E-state index contributed by atoms with van der Waals surface area (Å²) >= 11 is 0. The molecule has 0 amide bonds. The van der Waals surface area contributed by atoms with Crippen LogP contribution in [0.15, 0.2) is 12.2 Å². The van der Waals surface area contributed by atoms with Gasteiger partial charge in [0.25, 0.3) is 0 Å². The molecule has 0 aliphatic heterocycles. The van der Waals surface area contributed by atoms with E-state index in [0.717, 1.165) is 0 Å². The van der Waals surface area contributed by atoms with Gasteiger partial charge in [-0.1, -0.05) is 26.8 Å². The van der Waals surface area contributed by atoms with Gasteiger partial charge in [-0.2, -0.15) is 0 Å². The Morgan fingerprint density at radius 3 is 2.80 bits per heavy atom. The van der Waals surface area contributed by atoms with Crippen molar-refractivity contribution in [3.8, 4) is 0 Å². The van der Waals surface area contributed by atoms with Crippen molar-refractivity contribution in [3.63, 3.8) is 0 Å². The van der Waals surface area contributed by atoms with Gasteiger partial charge in [0.1, 0.15) is 0 Å². The highest BCUT2D eigenvalue weighted by atomic mass is 16.1. The van der Waals surface area contributed by atoms with E-state index in [0.29, 0.717) is 34.4 Å². The lowest BCUT2D eigenvalue weighted by molar-refractivity contribution is -0.124. The van der Waals surface area contributed by atoms with Crippen molar-refractivity contribution in [1.82, 2.24) is 0 Å². The summed E-state index contributed by atoms with van der Waals surface area (Å²) in [7, 11) is 0. The molecule has 1 heteroatoms. The first-order valence-corrected chi connectivity index (χ1v) is 6.23. The average molecular weight is 204 g/mol. The molecule has 0 spiro atoms. The van der Waals surface area contributed by atoms with Gasteiger partial charge >= 0.3 is 0 Å². The third-order valence-corrected chi connectivity index (χ3v) is 5.74. The highest BCUT2D eigenvalue weighted by Gasteiger charge is 2.67. The minimum atomic E-state index is 0.302. The second-order valence-electron chi connectivity index (χ2n) is 6.40. The summed E-state index contributed by atoms with van der Waals surface area (Å²) in [5.41, 5.74) is 0.635. The fourth-order valence-corrected chi connectivity index (χ4v) is 4.77. The maximum Gasteiger partial charge on any atom is 0.159 e. The van der Waals surface area contributed by atoms with Crippen LogP contribution in [0.25, 0.3) is 0 Å². The fraction of sp³-hybridized carbons (Fsp3) is 0.786. The Hall–Kier alpha value is -0.590. The molecule has 3 aliphatic carbocycles. The van der Waals surface area contributed by atoms with Crippen molar-refractivity contribution in [2.75, 3.05) is 0 Å². The number of carbonyl (C=O) groups excluding carboxylic acids is 1. The first kappa shape index (κ1) is 9.62. The number of ketones is 1. The van der Waals surface area contributed by atoms with E-state index in [9.17, 15) is 4.79 Å². The Balaban J connectivity index is 2.15. The van der Waals surface area contributed by atoms with Crippen molar-refractivity contribution in [1.29, 1.82) is 0 Å². The maximum atomic E-state index is 12.1. The van der Waals surface area contributed by atoms with E-state index in [1.807, 2.05) is 6.08 Å². The standard InChI is InChI=1S/C14H20O/c1-9(2)14-7-6-13(3)10(8-14)4-5-11(15)12(13)14/h4-5,9-10,12H,6-8H2,1-3H3/t10-,12-,13+,14-/m1/s1. The highest BCUT2D eigenvalue weighted by molar-refractivity contribution is 5.95. The van der Waals surface area contributed by atoms with E-state index >= 15 is 0 Å². The predicted molar refractivity (Wildman–Crippen MR) is 60.4 cm³/mol. The Morgan fingerprint density at radius 1 is 1.40 bits per heavy atom. The van der Waals surface area contributed by atoms with E-state index in [2.05, 4.69) is 26.8 Å². The van der Waals surface area contributed by atoms with Gasteiger partial charge in [0, 0.05) is 5.92 Å². The summed E-state index contributed by atoms with van der Waals surface area (Å²) in [6, 6.07) is 0. The molecule has 0 aromatic carbocycles. The molecular weight excluding hydrogens is 184 g/mol. The van der Waals surface area contributed by atoms with Gasteiger partial charge in [0.05, 0.1) is 0 Å². The van der Waals surface area contributed by atoms with Gasteiger partial charge in [-0.05, 0) is 48.0 Å². The van der Waals surface area contributed by atoms with E-state index in [-0.39, 0.29) is 0 Å². The van der Waals surface area contributed by atoms with Gasteiger partial charge in [0.15, 0.2) is 5.78 Å². The normalized spacial score (nSPS) is 51.9. The third-order valence-electron chi connectivity index (χ3n) is 5.74. The van der Waals surface area contributed by atoms with Gasteiger partial charge in [-0.3, -0.25) is 4.79 Å². The zero-order valence-corrected chi connectivity index (χ0v) is 9.92. The van der Waals surface area contributed by atoms with E-state index in [1.54, 1.807) is 0 Å². The molecule has 0 aromatic rings. The number of rotatable bonds is 1. The summed E-state index contributed by atoms with van der Waals surface area (Å²) < 4.78 is 0. The number of hydrogen-bond donors (Lipinski definition) is 0. The van der Waals surface area contributed by atoms with Crippen LogP contribution in [0.4, 0.5) is 0 Å². The highest BCUT2D eigenvalue weighted by Crippen LogP contribution is 2.72. The topological polar surface area (TPSA) is 17.1 Å². The van der Waals surface area contributed by atoms with Crippen LogP contribution in [0.3, 0.4) is 0 Å². The van der Waals surface area contributed by atoms with Crippen LogP contribution in [0, 0.1) is 28.6 Å². The van der Waals surface area contributed by atoms with Crippen LogP contribution in [0.5, 0.6) is 0 Å². The number of allylic oxidation sites excluding steroid dienone is 2. The summed E-state index contributed by atoms with van der Waals surface area (Å²) in [5.74, 6) is 2.08. The molecule has 82 valence electrons. The lowest BCUT2D eigenvalue weighted by Crippen LogP contribution is -2.36. The number of carbonyl (C=O) groups is 1. The summed E-state index contributed by atoms with van der Waals surface area (Å²) in [6.07, 6.45) is 7.86. The molecule has 0 N–H and O–H groups in total. The monoisotopic (exact) mass is 204 g/mol. The van der Waals surface area contributed by atoms with E-state index < -0.39 is 0 Å². The van der Waals surface area contributed by atoms with Crippen LogP contribution in [0.2, 0.25) is 0 Å². The smallest absolute Gasteiger partial charge is 0.159 e. The largest absolute Gasteiger partial charge is 0.295 e. The zero-order chi connectivity index (χ0) is 10.8. The molecule has 1 nitrogen and oxygen atoms in total. The third kappa shape index (κ3) is 0.885. The molecule has 0 unspecified atom stereocenters. The first-order chi connectivity index (χ1) is 7.01. The molecule has 15 heavy (non-hydrogen) atoms. The average Bonchev–Trinajstić information content (AvgIpc) is 2.54. The van der Waals surface area contributed by atoms with Gasteiger partial charge < -0.3 is 0 Å². The lowest BCUT2D eigenvalue weighted by atomic mass is 9.67. The zero-order valence-electron chi connectivity index (χ0n) is 9.92. The van der Waals surface area contributed by atoms with Gasteiger partial charge in [0.2, 0.25) is 0 Å². The van der Waals surface area contributed by atoms with Gasteiger partial charge in [-0.25, -0.2) is 0 Å². The van der Waals surface area contributed by atoms with E-state index in [4.69, 9.17) is 0 Å². The molecule has 0 radical (unpaired) electrons. The predicted octanol–water partition coefficient (Wildman–Crippen LogP) is 3.20. The van der Waals surface area contributed by atoms with E-state index in [1.165, 1.54) is 19.3 Å². The van der Waals surface area contributed by atoms with Crippen molar-refractivity contribution in [3.05, 3.63) is 12.2 Å². The molecule has 0 heterocycles. The van der Waals surface area contributed by atoms with Crippen molar-refractivity contribution in [2.45, 2.75) is 40.0 Å². The Morgan fingerprint density at radius 2 is 2.13 bits per heavy atom. The van der Waals surface area contributed by atoms with Crippen LogP contribution >= 0.6 is 0 Å². The van der Waals surface area contributed by atoms with Gasteiger partial charge in [-0.15, -0.1) is 0 Å². The quantitative estimate of drug-likeness (QED) is 0.641. The molecule has 4 bridgehead atoms. The first-order valence-electron chi connectivity index (χ1n) is 6.23. The Bertz CT molecular complexity index is 354. The minimum Gasteiger partial charge on any atom is -0.295 e. The lowest BCUT2D eigenvalue weighted by Gasteiger charge is -2.35. The van der Waals surface area contributed by atoms with Crippen molar-refractivity contribution < 1.29 is 4.79 Å². The van der Waals surface area contributed by atoms with Crippen LogP contribution < -0.4 is 0 Å².